The minimum atomic E-state index is -0.242. The van der Waals surface area contributed by atoms with E-state index in [1.54, 1.807) is 13.3 Å². The molecule has 1 heterocycles. The molecule has 100 valence electrons. The summed E-state index contributed by atoms with van der Waals surface area (Å²) in [7, 11) is 1.59. The summed E-state index contributed by atoms with van der Waals surface area (Å²) in [6, 6.07) is -0.0535. The number of carbonyl (C=O) groups excluding carboxylic acids is 1. The molecule has 0 spiro atoms. The maximum Gasteiger partial charge on any atom is 0.271 e. The average molecular weight is 252 g/mol. The van der Waals surface area contributed by atoms with E-state index in [0.29, 0.717) is 18.1 Å². The lowest BCUT2D eigenvalue weighted by Crippen LogP contribution is -2.36. The maximum absolute atomic E-state index is 11.8. The van der Waals surface area contributed by atoms with Crippen LogP contribution in [0.25, 0.3) is 0 Å². The Kier molecular flexibility index (Phi) is 6.07. The normalized spacial score (nSPS) is 11.9. The fraction of sp³-hybridized carbons (Fsp3) is 0.583. The molecule has 6 nitrogen and oxygen atoms in total. The van der Waals surface area contributed by atoms with Crippen molar-refractivity contribution in [3.8, 4) is 0 Å². The van der Waals surface area contributed by atoms with Crippen LogP contribution in [-0.2, 0) is 4.74 Å². The van der Waals surface area contributed by atoms with Crippen molar-refractivity contribution in [2.45, 2.75) is 26.3 Å². The Labute approximate surface area is 107 Å². The van der Waals surface area contributed by atoms with E-state index in [2.05, 4.69) is 27.5 Å². The molecular weight excluding hydrogens is 232 g/mol. The molecule has 0 aromatic carbocycles. The van der Waals surface area contributed by atoms with Crippen LogP contribution in [0.2, 0.25) is 0 Å². The van der Waals surface area contributed by atoms with Crippen LogP contribution in [0, 0.1) is 0 Å². The highest BCUT2D eigenvalue weighted by Crippen LogP contribution is 2.01. The van der Waals surface area contributed by atoms with Crippen LogP contribution in [0.3, 0.4) is 0 Å². The van der Waals surface area contributed by atoms with E-state index in [1.165, 1.54) is 6.20 Å². The number of carbonyl (C=O) groups is 1. The predicted octanol–water partition coefficient (Wildman–Crippen LogP) is 1.06. The van der Waals surface area contributed by atoms with Gasteiger partial charge in [0.1, 0.15) is 11.5 Å². The maximum atomic E-state index is 11.8. The number of hydrogen-bond acceptors (Lipinski definition) is 5. The second-order valence-electron chi connectivity index (χ2n) is 4.04. The second-order valence-corrected chi connectivity index (χ2v) is 4.04. The highest BCUT2D eigenvalue weighted by Gasteiger charge is 2.11. The van der Waals surface area contributed by atoms with Crippen LogP contribution in [-0.4, -0.2) is 42.2 Å². The van der Waals surface area contributed by atoms with Crippen molar-refractivity contribution in [1.29, 1.82) is 0 Å². The minimum Gasteiger partial charge on any atom is -0.383 e. The van der Waals surface area contributed by atoms with Crippen LogP contribution >= 0.6 is 0 Å². The van der Waals surface area contributed by atoms with E-state index in [-0.39, 0.29) is 11.9 Å². The third-order valence-electron chi connectivity index (χ3n) is 2.23. The van der Waals surface area contributed by atoms with Gasteiger partial charge in [0.25, 0.3) is 5.91 Å². The molecule has 0 bridgehead atoms. The number of anilines is 1. The summed E-state index contributed by atoms with van der Waals surface area (Å²) < 4.78 is 4.94. The van der Waals surface area contributed by atoms with Gasteiger partial charge in [-0.3, -0.25) is 4.79 Å². The first kappa shape index (κ1) is 14.4. The number of nitrogens with zero attached hydrogens (tertiary/aromatic N) is 2. The number of amides is 1. The lowest BCUT2D eigenvalue weighted by molar-refractivity contribution is 0.0900. The molecule has 1 atom stereocenters. The SMILES string of the molecule is CCCNc1cnc(C(=O)NC(C)COC)cn1. The van der Waals surface area contributed by atoms with Gasteiger partial charge in [0, 0.05) is 19.7 Å². The number of ether oxygens (including phenoxy) is 1. The van der Waals surface area contributed by atoms with Gasteiger partial charge in [0.15, 0.2) is 0 Å². The fourth-order valence-corrected chi connectivity index (χ4v) is 1.38. The first-order valence-corrected chi connectivity index (χ1v) is 6.03. The zero-order valence-corrected chi connectivity index (χ0v) is 11.1. The molecule has 1 aromatic heterocycles. The summed E-state index contributed by atoms with van der Waals surface area (Å²) in [5.41, 5.74) is 0.306. The number of methoxy groups -OCH3 is 1. The first-order valence-electron chi connectivity index (χ1n) is 6.03. The zero-order valence-electron chi connectivity index (χ0n) is 11.1. The van der Waals surface area contributed by atoms with Crippen LogP contribution in [0.15, 0.2) is 12.4 Å². The lowest BCUT2D eigenvalue weighted by atomic mass is 10.3. The van der Waals surface area contributed by atoms with Crippen molar-refractivity contribution in [3.05, 3.63) is 18.1 Å². The predicted molar refractivity (Wildman–Crippen MR) is 69.6 cm³/mol. The van der Waals surface area contributed by atoms with Crippen molar-refractivity contribution in [2.24, 2.45) is 0 Å². The largest absolute Gasteiger partial charge is 0.383 e. The molecule has 0 saturated carbocycles. The standard InChI is InChI=1S/C12H20N4O2/c1-4-5-13-11-7-14-10(6-15-11)12(17)16-9(2)8-18-3/h6-7,9H,4-5,8H2,1-3H3,(H,13,15)(H,16,17). The van der Waals surface area contributed by atoms with Gasteiger partial charge in [-0.2, -0.15) is 0 Å². The first-order chi connectivity index (χ1) is 8.67. The molecule has 1 amide bonds. The topological polar surface area (TPSA) is 76.1 Å². The number of hydrogen-bond donors (Lipinski definition) is 2. The van der Waals surface area contributed by atoms with Gasteiger partial charge in [-0.05, 0) is 13.3 Å². The Morgan fingerprint density at radius 1 is 1.44 bits per heavy atom. The molecule has 0 aliphatic rings. The van der Waals surface area contributed by atoms with Gasteiger partial charge in [0.05, 0.1) is 19.0 Å². The lowest BCUT2D eigenvalue weighted by Gasteiger charge is -2.12. The Hall–Kier alpha value is -1.69. The monoisotopic (exact) mass is 252 g/mol. The van der Waals surface area contributed by atoms with E-state index in [0.717, 1.165) is 13.0 Å². The summed E-state index contributed by atoms with van der Waals surface area (Å²) >= 11 is 0. The van der Waals surface area contributed by atoms with E-state index < -0.39 is 0 Å². The van der Waals surface area contributed by atoms with Gasteiger partial charge in [-0.15, -0.1) is 0 Å². The number of rotatable bonds is 7. The Bertz CT molecular complexity index is 367. The van der Waals surface area contributed by atoms with E-state index in [1.807, 2.05) is 6.92 Å². The molecular formula is C12H20N4O2. The molecule has 0 aliphatic carbocycles. The van der Waals surface area contributed by atoms with Crippen LogP contribution < -0.4 is 10.6 Å². The number of nitrogens with one attached hydrogen (secondary N) is 2. The Balaban J connectivity index is 2.53. The van der Waals surface area contributed by atoms with Gasteiger partial charge in [0.2, 0.25) is 0 Å². The molecule has 1 aromatic rings. The smallest absolute Gasteiger partial charge is 0.271 e. The van der Waals surface area contributed by atoms with Gasteiger partial charge in [-0.25, -0.2) is 9.97 Å². The highest BCUT2D eigenvalue weighted by atomic mass is 16.5. The zero-order chi connectivity index (χ0) is 13.4. The molecule has 6 heteroatoms. The summed E-state index contributed by atoms with van der Waals surface area (Å²) in [5, 5.41) is 5.87. The summed E-state index contributed by atoms with van der Waals surface area (Å²) in [6.07, 6.45) is 4.04. The van der Waals surface area contributed by atoms with Gasteiger partial charge in [-0.1, -0.05) is 6.92 Å². The second kappa shape index (κ2) is 7.60. The van der Waals surface area contributed by atoms with Gasteiger partial charge < -0.3 is 15.4 Å². The van der Waals surface area contributed by atoms with Crippen molar-refractivity contribution >= 4 is 11.7 Å². The van der Waals surface area contributed by atoms with Crippen LogP contribution in [0.4, 0.5) is 5.82 Å². The summed E-state index contributed by atoms with van der Waals surface area (Å²) in [6.45, 7) is 5.24. The van der Waals surface area contributed by atoms with E-state index in [4.69, 9.17) is 4.74 Å². The quantitative estimate of drug-likeness (QED) is 0.759. The molecule has 0 saturated heterocycles. The molecule has 0 radical (unpaired) electrons. The van der Waals surface area contributed by atoms with E-state index >= 15 is 0 Å². The Morgan fingerprint density at radius 2 is 2.22 bits per heavy atom. The number of aromatic nitrogens is 2. The molecule has 2 N–H and O–H groups in total. The third kappa shape index (κ3) is 4.67. The van der Waals surface area contributed by atoms with Crippen LogP contribution in [0.5, 0.6) is 0 Å². The molecule has 1 rings (SSSR count). The minimum absolute atomic E-state index is 0.0535. The third-order valence-corrected chi connectivity index (χ3v) is 2.23. The Morgan fingerprint density at radius 3 is 2.78 bits per heavy atom. The van der Waals surface area contributed by atoms with E-state index in [9.17, 15) is 4.79 Å². The fourth-order valence-electron chi connectivity index (χ4n) is 1.38. The molecule has 0 fully saturated rings. The molecule has 0 aliphatic heterocycles. The van der Waals surface area contributed by atoms with Crippen molar-refractivity contribution in [3.63, 3.8) is 0 Å². The van der Waals surface area contributed by atoms with Gasteiger partial charge >= 0.3 is 0 Å². The van der Waals surface area contributed by atoms with Crippen molar-refractivity contribution in [1.82, 2.24) is 15.3 Å². The van der Waals surface area contributed by atoms with Crippen LogP contribution in [0.1, 0.15) is 30.8 Å². The van der Waals surface area contributed by atoms with Crippen molar-refractivity contribution in [2.75, 3.05) is 25.6 Å². The average Bonchev–Trinajstić information content (AvgIpc) is 2.37. The summed E-state index contributed by atoms with van der Waals surface area (Å²) in [5.74, 6) is 0.437. The molecule has 1 unspecified atom stereocenters. The summed E-state index contributed by atoms with van der Waals surface area (Å²) in [4.78, 5) is 20.0. The molecule has 18 heavy (non-hydrogen) atoms. The highest BCUT2D eigenvalue weighted by molar-refractivity contribution is 5.92. The van der Waals surface area contributed by atoms with Crippen molar-refractivity contribution < 1.29 is 9.53 Å².